The number of nitrogens with one attached hydrogen (secondary N) is 2. The lowest BCUT2D eigenvalue weighted by molar-refractivity contribution is -0.115. The molecule has 0 aliphatic carbocycles. The van der Waals surface area contributed by atoms with Crippen LogP contribution in [0.4, 0.5) is 5.69 Å². The van der Waals surface area contributed by atoms with Gasteiger partial charge in [0.1, 0.15) is 11.3 Å². The highest BCUT2D eigenvalue weighted by atomic mass is 35.5. The summed E-state index contributed by atoms with van der Waals surface area (Å²) >= 11 is 7.88. The van der Waals surface area contributed by atoms with Gasteiger partial charge in [-0.2, -0.15) is 0 Å². The molecule has 0 spiro atoms. The van der Waals surface area contributed by atoms with E-state index >= 15 is 0 Å². The van der Waals surface area contributed by atoms with Crippen molar-refractivity contribution in [3.8, 4) is 29.9 Å². The third-order valence-corrected chi connectivity index (χ3v) is 5.20. The van der Waals surface area contributed by atoms with E-state index in [0.717, 1.165) is 15.3 Å². The second-order valence-electron chi connectivity index (χ2n) is 5.84. The van der Waals surface area contributed by atoms with Gasteiger partial charge in [0.2, 0.25) is 0 Å². The number of hydrogen-bond acceptors (Lipinski definition) is 5. The van der Waals surface area contributed by atoms with Crippen molar-refractivity contribution in [1.82, 2.24) is 10.3 Å². The number of amides is 1. The van der Waals surface area contributed by atoms with E-state index < -0.39 is 5.91 Å². The molecular weight excluding hydrogens is 394 g/mol. The van der Waals surface area contributed by atoms with Crippen molar-refractivity contribution in [1.29, 1.82) is 0 Å². The van der Waals surface area contributed by atoms with Crippen molar-refractivity contribution in [3.05, 3.63) is 51.5 Å². The molecule has 1 aromatic heterocycles. The number of aromatic hydroxyl groups is 1. The number of thiazole rings is 1. The average molecular weight is 410 g/mol. The molecule has 0 saturated heterocycles. The van der Waals surface area contributed by atoms with E-state index in [1.165, 1.54) is 11.3 Å². The molecule has 0 fully saturated rings. The van der Waals surface area contributed by atoms with Crippen molar-refractivity contribution in [3.63, 3.8) is 0 Å². The number of carbonyl (C=O) groups is 1. The number of nitrogens with zero attached hydrogens (tertiary/aromatic N) is 1. The molecule has 140 valence electrons. The van der Waals surface area contributed by atoms with Crippen LogP contribution in [0.15, 0.2) is 30.3 Å². The maximum atomic E-state index is 11.2. The number of aryl methyl sites for hydroxylation is 1. The number of phenols is 1. The molecule has 3 rings (SSSR count). The first kappa shape index (κ1) is 19.6. The number of carbonyl (C=O) groups excluding carboxylic acids is 1. The molecule has 2 aromatic carbocycles. The first-order valence-electron chi connectivity index (χ1n) is 8.32. The topological polar surface area (TPSA) is 74.2 Å². The maximum absolute atomic E-state index is 11.2. The lowest BCUT2D eigenvalue weighted by Crippen LogP contribution is -2.20. The summed E-state index contributed by atoms with van der Waals surface area (Å²) in [5, 5.41) is 17.2. The van der Waals surface area contributed by atoms with E-state index in [1.54, 1.807) is 6.07 Å². The van der Waals surface area contributed by atoms with Crippen LogP contribution in [0.5, 0.6) is 5.75 Å². The number of rotatable bonds is 4. The number of aromatic nitrogens is 1. The Balaban J connectivity index is 1.68. The molecule has 1 heterocycles. The predicted molar refractivity (Wildman–Crippen MR) is 114 cm³/mol. The summed E-state index contributed by atoms with van der Waals surface area (Å²) in [5.74, 6) is 7.67. The Hall–Kier alpha value is -3.19. The fourth-order valence-corrected chi connectivity index (χ4v) is 3.71. The Morgan fingerprint density at radius 1 is 1.39 bits per heavy atom. The third kappa shape index (κ3) is 4.55. The molecule has 5 nitrogen and oxygen atoms in total. The third-order valence-electron chi connectivity index (χ3n) is 3.83. The highest BCUT2D eigenvalue weighted by molar-refractivity contribution is 7.18. The quantitative estimate of drug-likeness (QED) is 0.575. The molecule has 1 amide bonds. The Morgan fingerprint density at radius 2 is 2.21 bits per heavy atom. The zero-order valence-electron chi connectivity index (χ0n) is 15.0. The van der Waals surface area contributed by atoms with Gasteiger partial charge >= 0.3 is 0 Å². The molecule has 0 atom stereocenters. The van der Waals surface area contributed by atoms with E-state index in [4.69, 9.17) is 18.0 Å². The molecular formula is C21H16ClN3O2S. The van der Waals surface area contributed by atoms with Crippen LogP contribution in [-0.4, -0.2) is 22.5 Å². The summed E-state index contributed by atoms with van der Waals surface area (Å²) in [4.78, 5) is 15.5. The van der Waals surface area contributed by atoms with Gasteiger partial charge in [0, 0.05) is 12.1 Å². The molecule has 3 N–H and O–H groups in total. The number of halogens is 1. The number of benzene rings is 2. The SMILES string of the molecule is C#CC(=O)NCc1cccc(NCC#Cc2cc(O)c3nc(C)sc3c2)c1Cl. The summed E-state index contributed by atoms with van der Waals surface area (Å²) in [5.41, 5.74) is 2.78. The summed E-state index contributed by atoms with van der Waals surface area (Å²) in [7, 11) is 0. The van der Waals surface area contributed by atoms with Gasteiger partial charge in [-0.1, -0.05) is 35.6 Å². The van der Waals surface area contributed by atoms with E-state index in [1.807, 2.05) is 37.1 Å². The van der Waals surface area contributed by atoms with Crippen molar-refractivity contribution in [2.45, 2.75) is 13.5 Å². The van der Waals surface area contributed by atoms with E-state index in [9.17, 15) is 9.90 Å². The van der Waals surface area contributed by atoms with Crippen LogP contribution in [-0.2, 0) is 11.3 Å². The fourth-order valence-electron chi connectivity index (χ4n) is 2.56. The van der Waals surface area contributed by atoms with Crippen molar-refractivity contribution in [2.75, 3.05) is 11.9 Å². The smallest absolute Gasteiger partial charge is 0.295 e. The van der Waals surface area contributed by atoms with E-state index in [0.29, 0.717) is 28.3 Å². The van der Waals surface area contributed by atoms with Gasteiger partial charge < -0.3 is 15.7 Å². The fraction of sp³-hybridized carbons (Fsp3) is 0.143. The minimum Gasteiger partial charge on any atom is -0.506 e. The Morgan fingerprint density at radius 3 is 3.00 bits per heavy atom. The second-order valence-corrected chi connectivity index (χ2v) is 7.45. The van der Waals surface area contributed by atoms with Crippen LogP contribution in [0.3, 0.4) is 0 Å². The van der Waals surface area contributed by atoms with Gasteiger partial charge in [-0.25, -0.2) is 4.98 Å². The highest BCUT2D eigenvalue weighted by Gasteiger charge is 2.08. The van der Waals surface area contributed by atoms with Gasteiger partial charge in [-0.05, 0) is 36.6 Å². The van der Waals surface area contributed by atoms with Crippen LogP contribution < -0.4 is 10.6 Å². The second kappa shape index (κ2) is 8.67. The molecule has 0 saturated carbocycles. The lowest BCUT2D eigenvalue weighted by Gasteiger charge is -2.10. The summed E-state index contributed by atoms with van der Waals surface area (Å²) in [6.07, 6.45) is 5.03. The number of hydrogen-bond donors (Lipinski definition) is 3. The van der Waals surface area contributed by atoms with Crippen LogP contribution in [0.25, 0.3) is 10.2 Å². The average Bonchev–Trinajstić information content (AvgIpc) is 3.06. The van der Waals surface area contributed by atoms with Gasteiger partial charge in [-0.15, -0.1) is 17.8 Å². The van der Waals surface area contributed by atoms with Crippen LogP contribution in [0, 0.1) is 31.1 Å². The number of terminal acetylenes is 1. The first-order chi connectivity index (χ1) is 13.5. The normalized spacial score (nSPS) is 10.0. The molecule has 0 unspecified atom stereocenters. The number of anilines is 1. The largest absolute Gasteiger partial charge is 0.506 e. The molecule has 0 bridgehead atoms. The summed E-state index contributed by atoms with van der Waals surface area (Å²) < 4.78 is 0.902. The molecule has 0 aliphatic heterocycles. The minimum absolute atomic E-state index is 0.129. The van der Waals surface area contributed by atoms with Crippen molar-refractivity contribution < 1.29 is 9.90 Å². The summed E-state index contributed by atoms with van der Waals surface area (Å²) in [6.45, 7) is 2.51. The Kier molecular flexibility index (Phi) is 6.06. The highest BCUT2D eigenvalue weighted by Crippen LogP contribution is 2.30. The van der Waals surface area contributed by atoms with E-state index in [-0.39, 0.29) is 12.3 Å². The van der Waals surface area contributed by atoms with Crippen molar-refractivity contribution >= 4 is 44.7 Å². The maximum Gasteiger partial charge on any atom is 0.295 e. The number of fused-ring (bicyclic) bond motifs is 1. The van der Waals surface area contributed by atoms with Crippen LogP contribution >= 0.6 is 22.9 Å². The molecule has 7 heteroatoms. The van der Waals surface area contributed by atoms with Gasteiger partial charge in [0.25, 0.3) is 5.91 Å². The predicted octanol–water partition coefficient (Wildman–Crippen LogP) is 3.68. The molecule has 0 aliphatic rings. The van der Waals surface area contributed by atoms with Crippen LogP contribution in [0.1, 0.15) is 16.1 Å². The Bertz CT molecular complexity index is 1150. The van der Waals surface area contributed by atoms with Gasteiger partial charge in [0.15, 0.2) is 0 Å². The van der Waals surface area contributed by atoms with Crippen LogP contribution in [0.2, 0.25) is 5.02 Å². The Labute approximate surface area is 171 Å². The molecule has 3 aromatic rings. The molecule has 28 heavy (non-hydrogen) atoms. The molecule has 0 radical (unpaired) electrons. The first-order valence-corrected chi connectivity index (χ1v) is 9.52. The monoisotopic (exact) mass is 409 g/mol. The zero-order valence-corrected chi connectivity index (χ0v) is 16.5. The lowest BCUT2D eigenvalue weighted by atomic mass is 10.2. The standard InChI is InChI=1S/C21H16ClN3O2S/c1-3-19(27)24-12-15-7-4-8-16(20(15)22)23-9-5-6-14-10-17(26)21-18(11-14)28-13(2)25-21/h1,4,7-8,10-11,23,26H,9,12H2,2H3,(H,24,27). The van der Waals surface area contributed by atoms with Gasteiger partial charge in [-0.3, -0.25) is 4.79 Å². The van der Waals surface area contributed by atoms with E-state index in [2.05, 4.69) is 27.5 Å². The van der Waals surface area contributed by atoms with Gasteiger partial charge in [0.05, 0.1) is 27.0 Å². The summed E-state index contributed by atoms with van der Waals surface area (Å²) in [6, 6.07) is 8.99. The number of phenolic OH excluding ortho intramolecular Hbond substituents is 1. The minimum atomic E-state index is -0.489. The zero-order chi connectivity index (χ0) is 20.1. The van der Waals surface area contributed by atoms with Crippen molar-refractivity contribution in [2.24, 2.45) is 0 Å².